The van der Waals surface area contributed by atoms with E-state index in [0.717, 1.165) is 5.56 Å². The second-order valence-electron chi connectivity index (χ2n) is 7.57. The molecule has 1 aromatic heterocycles. The summed E-state index contributed by atoms with van der Waals surface area (Å²) in [6, 6.07) is 16.2. The summed E-state index contributed by atoms with van der Waals surface area (Å²) in [6.45, 7) is 5.77. The number of carbonyl (C=O) groups is 3. The highest BCUT2D eigenvalue weighted by molar-refractivity contribution is 7.17. The molecule has 2 aromatic carbocycles. The van der Waals surface area contributed by atoms with Gasteiger partial charge in [0.15, 0.2) is 6.61 Å². The zero-order chi connectivity index (χ0) is 23.1. The topological polar surface area (TPSA) is 97.4 Å². The number of nitrogens with zero attached hydrogens (tertiary/aromatic N) is 1. The van der Waals surface area contributed by atoms with Gasteiger partial charge in [0.2, 0.25) is 0 Å². The number of benzene rings is 2. The minimum Gasteiger partial charge on any atom is -0.451 e. The van der Waals surface area contributed by atoms with E-state index in [1.807, 2.05) is 44.2 Å². The van der Waals surface area contributed by atoms with E-state index in [2.05, 4.69) is 15.6 Å². The minimum atomic E-state index is -0.611. The van der Waals surface area contributed by atoms with Crippen LogP contribution in [0.15, 0.2) is 54.6 Å². The molecular formula is C24H25N3O4S. The third-order valence-corrected chi connectivity index (χ3v) is 5.64. The van der Waals surface area contributed by atoms with E-state index in [1.54, 1.807) is 31.2 Å². The highest BCUT2D eigenvalue weighted by Crippen LogP contribution is 2.28. The van der Waals surface area contributed by atoms with Gasteiger partial charge in [0, 0.05) is 12.1 Å². The van der Waals surface area contributed by atoms with Crippen molar-refractivity contribution in [1.29, 1.82) is 0 Å². The number of amides is 2. The van der Waals surface area contributed by atoms with E-state index in [9.17, 15) is 14.4 Å². The van der Waals surface area contributed by atoms with E-state index >= 15 is 0 Å². The molecule has 32 heavy (non-hydrogen) atoms. The molecule has 0 atom stereocenters. The van der Waals surface area contributed by atoms with Crippen molar-refractivity contribution in [1.82, 2.24) is 10.3 Å². The maximum absolute atomic E-state index is 12.5. The monoisotopic (exact) mass is 451 g/mol. The predicted octanol–water partition coefficient (Wildman–Crippen LogP) is 4.30. The molecule has 3 rings (SSSR count). The number of rotatable bonds is 8. The van der Waals surface area contributed by atoms with Crippen LogP contribution in [0.4, 0.5) is 5.69 Å². The summed E-state index contributed by atoms with van der Waals surface area (Å²) in [4.78, 5) is 42.1. The summed E-state index contributed by atoms with van der Waals surface area (Å²) in [6.07, 6.45) is 0. The fraction of sp³-hybridized carbons (Fsp3) is 0.250. The molecular weight excluding hydrogens is 426 g/mol. The van der Waals surface area contributed by atoms with Crippen molar-refractivity contribution < 1.29 is 19.1 Å². The van der Waals surface area contributed by atoms with Crippen LogP contribution in [0.3, 0.4) is 0 Å². The first-order valence-corrected chi connectivity index (χ1v) is 11.0. The molecule has 1 heterocycles. The second kappa shape index (κ2) is 10.7. The molecule has 0 fully saturated rings. The lowest BCUT2D eigenvalue weighted by Crippen LogP contribution is -2.29. The Balaban J connectivity index is 1.61. The average molecular weight is 452 g/mol. The molecule has 8 heteroatoms. The fourth-order valence-electron chi connectivity index (χ4n) is 2.86. The molecule has 2 amide bonds. The van der Waals surface area contributed by atoms with E-state index < -0.39 is 18.5 Å². The SMILES string of the molecule is Cc1nc(-c2ccccc2)sc1C(=O)OCC(=O)Nc1ccccc1C(=O)NCC(C)C. The van der Waals surface area contributed by atoms with Gasteiger partial charge in [-0.2, -0.15) is 0 Å². The largest absolute Gasteiger partial charge is 0.451 e. The standard InChI is InChI=1S/C24H25N3O4S/c1-15(2)13-25-22(29)18-11-7-8-12-19(18)27-20(28)14-31-24(30)21-16(3)26-23(32-21)17-9-5-4-6-10-17/h4-12,15H,13-14H2,1-3H3,(H,25,29)(H,27,28). The summed E-state index contributed by atoms with van der Waals surface area (Å²) in [5, 5.41) is 6.18. The van der Waals surface area contributed by atoms with Crippen LogP contribution >= 0.6 is 11.3 Å². The molecule has 166 valence electrons. The minimum absolute atomic E-state index is 0.277. The summed E-state index contributed by atoms with van der Waals surface area (Å²) < 4.78 is 5.19. The van der Waals surface area contributed by atoms with Gasteiger partial charge in [-0.15, -0.1) is 11.3 Å². The van der Waals surface area contributed by atoms with Crippen LogP contribution in [0.25, 0.3) is 10.6 Å². The van der Waals surface area contributed by atoms with Crippen LogP contribution in [-0.4, -0.2) is 35.9 Å². The molecule has 7 nitrogen and oxygen atoms in total. The van der Waals surface area contributed by atoms with Crippen LogP contribution in [0.2, 0.25) is 0 Å². The molecule has 0 aliphatic carbocycles. The number of para-hydroxylation sites is 1. The number of ether oxygens (including phenoxy) is 1. The number of hydrogen-bond acceptors (Lipinski definition) is 6. The number of esters is 1. The Kier molecular flexibility index (Phi) is 7.72. The van der Waals surface area contributed by atoms with Crippen molar-refractivity contribution in [2.75, 3.05) is 18.5 Å². The van der Waals surface area contributed by atoms with Gasteiger partial charge in [-0.3, -0.25) is 9.59 Å². The van der Waals surface area contributed by atoms with E-state index in [0.29, 0.717) is 39.3 Å². The lowest BCUT2D eigenvalue weighted by atomic mass is 10.1. The van der Waals surface area contributed by atoms with E-state index in [4.69, 9.17) is 4.74 Å². The Morgan fingerprint density at radius 3 is 2.44 bits per heavy atom. The van der Waals surface area contributed by atoms with Gasteiger partial charge in [0.25, 0.3) is 11.8 Å². The highest BCUT2D eigenvalue weighted by Gasteiger charge is 2.19. The Morgan fingerprint density at radius 1 is 1.03 bits per heavy atom. The molecule has 0 unspecified atom stereocenters. The Hall–Kier alpha value is -3.52. The normalized spacial score (nSPS) is 10.6. The molecule has 2 N–H and O–H groups in total. The number of anilines is 1. The van der Waals surface area contributed by atoms with Crippen LogP contribution in [0, 0.1) is 12.8 Å². The molecule has 3 aromatic rings. The molecule has 0 bridgehead atoms. The van der Waals surface area contributed by atoms with Gasteiger partial charge in [-0.05, 0) is 25.0 Å². The molecule has 0 spiro atoms. The average Bonchev–Trinajstić information content (AvgIpc) is 3.18. The molecule has 0 radical (unpaired) electrons. The summed E-state index contributed by atoms with van der Waals surface area (Å²) in [5.74, 6) is -1.12. The van der Waals surface area contributed by atoms with Crippen LogP contribution in [0.5, 0.6) is 0 Å². The van der Waals surface area contributed by atoms with Gasteiger partial charge >= 0.3 is 5.97 Å². The number of carbonyl (C=O) groups excluding carboxylic acids is 3. The molecule has 0 saturated carbocycles. The van der Waals surface area contributed by atoms with Gasteiger partial charge in [0.1, 0.15) is 9.88 Å². The third kappa shape index (κ3) is 6.01. The van der Waals surface area contributed by atoms with Crippen molar-refractivity contribution in [3.63, 3.8) is 0 Å². The third-order valence-electron chi connectivity index (χ3n) is 4.45. The van der Waals surface area contributed by atoms with E-state index in [1.165, 1.54) is 11.3 Å². The Morgan fingerprint density at radius 2 is 1.72 bits per heavy atom. The Labute approximate surface area is 190 Å². The summed E-state index contributed by atoms with van der Waals surface area (Å²) in [5.41, 5.74) is 2.16. The van der Waals surface area contributed by atoms with Crippen LogP contribution in [-0.2, 0) is 9.53 Å². The number of hydrogen-bond donors (Lipinski definition) is 2. The second-order valence-corrected chi connectivity index (χ2v) is 8.57. The van der Waals surface area contributed by atoms with Gasteiger partial charge in [0.05, 0.1) is 16.9 Å². The van der Waals surface area contributed by atoms with Crippen molar-refractivity contribution in [3.05, 3.63) is 70.7 Å². The van der Waals surface area contributed by atoms with Crippen LogP contribution in [0.1, 0.15) is 39.6 Å². The van der Waals surface area contributed by atoms with Gasteiger partial charge in [-0.25, -0.2) is 9.78 Å². The van der Waals surface area contributed by atoms with Gasteiger partial charge < -0.3 is 15.4 Å². The lowest BCUT2D eigenvalue weighted by Gasteiger charge is -2.12. The first-order chi connectivity index (χ1) is 15.3. The summed E-state index contributed by atoms with van der Waals surface area (Å²) >= 11 is 1.22. The van der Waals surface area contributed by atoms with Crippen molar-refractivity contribution in [2.24, 2.45) is 5.92 Å². The number of nitrogens with one attached hydrogen (secondary N) is 2. The maximum Gasteiger partial charge on any atom is 0.350 e. The number of aromatic nitrogens is 1. The molecule has 0 saturated heterocycles. The first kappa shape index (κ1) is 23.1. The lowest BCUT2D eigenvalue weighted by molar-refractivity contribution is -0.119. The fourth-order valence-corrected chi connectivity index (χ4v) is 3.82. The van der Waals surface area contributed by atoms with Gasteiger partial charge in [-0.1, -0.05) is 56.3 Å². The maximum atomic E-state index is 12.5. The van der Waals surface area contributed by atoms with E-state index in [-0.39, 0.29) is 5.91 Å². The van der Waals surface area contributed by atoms with Crippen LogP contribution < -0.4 is 10.6 Å². The van der Waals surface area contributed by atoms with Crippen molar-refractivity contribution in [2.45, 2.75) is 20.8 Å². The zero-order valence-electron chi connectivity index (χ0n) is 18.2. The molecule has 0 aliphatic rings. The molecule has 0 aliphatic heterocycles. The smallest absolute Gasteiger partial charge is 0.350 e. The first-order valence-electron chi connectivity index (χ1n) is 10.2. The van der Waals surface area contributed by atoms with Crippen molar-refractivity contribution >= 4 is 34.8 Å². The number of thiazole rings is 1. The quantitative estimate of drug-likeness (QED) is 0.498. The Bertz CT molecular complexity index is 1110. The highest BCUT2D eigenvalue weighted by atomic mass is 32.1. The zero-order valence-corrected chi connectivity index (χ0v) is 19.0. The number of aryl methyl sites for hydroxylation is 1. The predicted molar refractivity (Wildman–Crippen MR) is 125 cm³/mol. The van der Waals surface area contributed by atoms with Crippen molar-refractivity contribution in [3.8, 4) is 10.6 Å². The summed E-state index contributed by atoms with van der Waals surface area (Å²) in [7, 11) is 0.